The fraction of sp³-hybridized carbons (Fsp3) is 0.0714. The van der Waals surface area contributed by atoms with Crippen LogP contribution in [0.2, 0.25) is 0 Å². The minimum Gasteiger partial charge on any atom is -0.392 e. The summed E-state index contributed by atoms with van der Waals surface area (Å²) in [6.45, 7) is 0.0797. The number of rotatable bonds is 2. The first-order chi connectivity index (χ1) is 9.35. The molecule has 4 rings (SSSR count). The molecule has 0 saturated carbocycles. The molecule has 0 aliphatic rings. The summed E-state index contributed by atoms with van der Waals surface area (Å²) in [7, 11) is 0. The van der Waals surface area contributed by atoms with Crippen molar-refractivity contribution in [1.82, 2.24) is 9.38 Å². The maximum Gasteiger partial charge on any atom is 0.195 e. The molecule has 0 saturated heterocycles. The molecule has 0 bridgehead atoms. The highest BCUT2D eigenvalue weighted by Crippen LogP contribution is 2.30. The average molecular weight is 286 g/mol. The molecule has 19 heavy (non-hydrogen) atoms. The second-order valence-corrected chi connectivity index (χ2v) is 6.14. The van der Waals surface area contributed by atoms with Crippen LogP contribution in [0.3, 0.4) is 0 Å². The van der Waals surface area contributed by atoms with Gasteiger partial charge in [0.15, 0.2) is 4.96 Å². The summed E-state index contributed by atoms with van der Waals surface area (Å²) in [4.78, 5) is 5.67. The molecule has 0 atom stereocenters. The van der Waals surface area contributed by atoms with Crippen molar-refractivity contribution in [2.75, 3.05) is 0 Å². The molecule has 0 radical (unpaired) electrons. The molecule has 94 valence electrons. The normalized spacial score (nSPS) is 11.6. The fourth-order valence-corrected chi connectivity index (χ4v) is 3.91. The van der Waals surface area contributed by atoms with E-state index < -0.39 is 0 Å². The molecule has 1 aromatic carbocycles. The molecule has 0 aliphatic heterocycles. The molecule has 0 amide bonds. The zero-order chi connectivity index (χ0) is 12.8. The second-order valence-electron chi connectivity index (χ2n) is 4.35. The van der Waals surface area contributed by atoms with Crippen LogP contribution in [-0.2, 0) is 6.61 Å². The van der Waals surface area contributed by atoms with Gasteiger partial charge >= 0.3 is 0 Å². The Morgan fingerprint density at radius 2 is 2.21 bits per heavy atom. The Labute approximate surface area is 117 Å². The first kappa shape index (κ1) is 11.2. The lowest BCUT2D eigenvalue weighted by Crippen LogP contribution is -1.82. The third-order valence-electron chi connectivity index (χ3n) is 3.16. The second kappa shape index (κ2) is 4.16. The lowest BCUT2D eigenvalue weighted by molar-refractivity contribution is 0.282. The lowest BCUT2D eigenvalue weighted by Gasteiger charge is -1.95. The Hall–Kier alpha value is -1.69. The summed E-state index contributed by atoms with van der Waals surface area (Å²) in [5.41, 5.74) is 4.27. The number of hydrogen-bond acceptors (Lipinski definition) is 4. The van der Waals surface area contributed by atoms with Crippen LogP contribution in [0.25, 0.3) is 26.4 Å². The summed E-state index contributed by atoms with van der Waals surface area (Å²) >= 11 is 3.34. The van der Waals surface area contributed by atoms with Gasteiger partial charge in [-0.15, -0.1) is 0 Å². The predicted octanol–water partition coefficient (Wildman–Crippen LogP) is 3.77. The molecule has 0 aliphatic carbocycles. The van der Waals surface area contributed by atoms with E-state index in [-0.39, 0.29) is 6.61 Å². The van der Waals surface area contributed by atoms with Crippen LogP contribution in [0.4, 0.5) is 0 Å². The van der Waals surface area contributed by atoms with Crippen molar-refractivity contribution in [3.63, 3.8) is 0 Å². The van der Waals surface area contributed by atoms with Gasteiger partial charge in [0.05, 0.1) is 22.5 Å². The molecule has 0 unspecified atom stereocenters. The number of benzene rings is 1. The van der Waals surface area contributed by atoms with Crippen molar-refractivity contribution in [2.24, 2.45) is 0 Å². The van der Waals surface area contributed by atoms with Crippen molar-refractivity contribution in [3.05, 3.63) is 46.8 Å². The third-order valence-corrected chi connectivity index (χ3v) is 4.86. The van der Waals surface area contributed by atoms with E-state index in [0.717, 1.165) is 26.4 Å². The molecule has 3 nitrogen and oxygen atoms in total. The summed E-state index contributed by atoms with van der Waals surface area (Å²) in [5, 5.41) is 13.3. The van der Waals surface area contributed by atoms with Gasteiger partial charge in [-0.3, -0.25) is 4.40 Å². The predicted molar refractivity (Wildman–Crippen MR) is 79.8 cm³/mol. The van der Waals surface area contributed by atoms with E-state index in [2.05, 4.69) is 32.4 Å². The van der Waals surface area contributed by atoms with Gasteiger partial charge < -0.3 is 5.11 Å². The van der Waals surface area contributed by atoms with E-state index in [0.29, 0.717) is 0 Å². The maximum atomic E-state index is 9.18. The van der Waals surface area contributed by atoms with Crippen molar-refractivity contribution < 1.29 is 5.11 Å². The Balaban J connectivity index is 1.96. The maximum absolute atomic E-state index is 9.18. The van der Waals surface area contributed by atoms with E-state index >= 15 is 0 Å². The van der Waals surface area contributed by atoms with Crippen molar-refractivity contribution in [3.8, 4) is 11.3 Å². The smallest absolute Gasteiger partial charge is 0.195 e. The van der Waals surface area contributed by atoms with Gasteiger partial charge in [-0.1, -0.05) is 17.4 Å². The van der Waals surface area contributed by atoms with Crippen LogP contribution >= 0.6 is 22.7 Å². The SMILES string of the molecule is OCc1ccc2c(c1)sc1nc(-c3ccsc3)cn12. The van der Waals surface area contributed by atoms with Crippen LogP contribution in [0.5, 0.6) is 0 Å². The number of hydrogen-bond donors (Lipinski definition) is 1. The topological polar surface area (TPSA) is 37.5 Å². The summed E-state index contributed by atoms with van der Waals surface area (Å²) in [6, 6.07) is 8.12. The van der Waals surface area contributed by atoms with Crippen LogP contribution in [0.15, 0.2) is 41.2 Å². The van der Waals surface area contributed by atoms with Crippen LogP contribution in [-0.4, -0.2) is 14.5 Å². The monoisotopic (exact) mass is 286 g/mol. The minimum absolute atomic E-state index is 0.0797. The number of thiazole rings is 1. The van der Waals surface area contributed by atoms with Crippen molar-refractivity contribution >= 4 is 37.9 Å². The number of fused-ring (bicyclic) bond motifs is 3. The molecule has 0 fully saturated rings. The van der Waals surface area contributed by atoms with Crippen molar-refractivity contribution in [1.29, 1.82) is 0 Å². The quantitative estimate of drug-likeness (QED) is 0.609. The first-order valence-corrected chi connectivity index (χ1v) is 7.65. The van der Waals surface area contributed by atoms with E-state index in [1.807, 2.05) is 18.2 Å². The highest BCUT2D eigenvalue weighted by atomic mass is 32.1. The average Bonchev–Trinajstić information content (AvgIpc) is 3.12. The van der Waals surface area contributed by atoms with Crippen LogP contribution in [0.1, 0.15) is 5.56 Å². The molecule has 4 aromatic rings. The standard InChI is InChI=1S/C14H10N2OS2/c17-7-9-1-2-12-13(5-9)19-14-15-11(6-16(12)14)10-3-4-18-8-10/h1-6,8,17H,7H2. The van der Waals surface area contributed by atoms with E-state index in [1.54, 1.807) is 22.7 Å². The lowest BCUT2D eigenvalue weighted by atomic mass is 10.2. The van der Waals surface area contributed by atoms with Gasteiger partial charge in [0.25, 0.3) is 0 Å². The van der Waals surface area contributed by atoms with Gasteiger partial charge in [0, 0.05) is 17.1 Å². The number of nitrogens with zero attached hydrogens (tertiary/aromatic N) is 2. The van der Waals surface area contributed by atoms with Gasteiger partial charge in [-0.05, 0) is 29.1 Å². The van der Waals surface area contributed by atoms with E-state index in [4.69, 9.17) is 0 Å². The number of aliphatic hydroxyl groups is 1. The highest BCUT2D eigenvalue weighted by Gasteiger charge is 2.10. The van der Waals surface area contributed by atoms with E-state index in [9.17, 15) is 5.11 Å². The van der Waals surface area contributed by atoms with E-state index in [1.165, 1.54) is 5.56 Å². The molecule has 3 heterocycles. The first-order valence-electron chi connectivity index (χ1n) is 5.89. The fourth-order valence-electron chi connectivity index (χ4n) is 2.19. The molecule has 5 heteroatoms. The number of thiophene rings is 1. The van der Waals surface area contributed by atoms with Gasteiger partial charge in [-0.25, -0.2) is 4.98 Å². The Bertz CT molecular complexity index is 858. The largest absolute Gasteiger partial charge is 0.392 e. The Morgan fingerprint density at radius 3 is 3.00 bits per heavy atom. The number of aromatic nitrogens is 2. The number of aliphatic hydroxyl groups excluding tert-OH is 1. The summed E-state index contributed by atoms with van der Waals surface area (Å²) in [5.74, 6) is 0. The van der Waals surface area contributed by atoms with Crippen LogP contribution in [0, 0.1) is 0 Å². The molecule has 3 aromatic heterocycles. The van der Waals surface area contributed by atoms with Gasteiger partial charge in [0.2, 0.25) is 0 Å². The number of imidazole rings is 1. The van der Waals surface area contributed by atoms with Gasteiger partial charge in [-0.2, -0.15) is 11.3 Å². The molecule has 0 spiro atoms. The zero-order valence-corrected chi connectivity index (χ0v) is 11.5. The Kier molecular flexibility index (Phi) is 2.44. The zero-order valence-electron chi connectivity index (χ0n) is 9.91. The van der Waals surface area contributed by atoms with Crippen molar-refractivity contribution in [2.45, 2.75) is 6.61 Å². The minimum atomic E-state index is 0.0797. The summed E-state index contributed by atoms with van der Waals surface area (Å²) < 4.78 is 3.28. The molecular formula is C14H10N2OS2. The van der Waals surface area contributed by atoms with Gasteiger partial charge in [0.1, 0.15) is 0 Å². The molecule has 1 N–H and O–H groups in total. The Morgan fingerprint density at radius 1 is 1.26 bits per heavy atom. The third kappa shape index (κ3) is 1.70. The molecular weight excluding hydrogens is 276 g/mol. The summed E-state index contributed by atoms with van der Waals surface area (Å²) in [6.07, 6.45) is 2.08. The van der Waals surface area contributed by atoms with Crippen LogP contribution < -0.4 is 0 Å². The highest BCUT2D eigenvalue weighted by molar-refractivity contribution is 7.23.